The number of benzene rings is 1. The number of hydrogen-bond acceptors (Lipinski definition) is 2. The van der Waals surface area contributed by atoms with Gasteiger partial charge in [0.05, 0.1) is 6.07 Å². The zero-order valence-electron chi connectivity index (χ0n) is 8.38. The number of rotatable bonds is 2. The third-order valence-electron chi connectivity index (χ3n) is 2.08. The first-order chi connectivity index (χ1) is 7.36. The molecule has 0 aliphatic carbocycles. The van der Waals surface area contributed by atoms with Crippen molar-refractivity contribution in [2.45, 2.75) is 19.0 Å². The van der Waals surface area contributed by atoms with Crippen molar-refractivity contribution in [3.8, 4) is 6.07 Å². The molecule has 1 atom stereocenters. The van der Waals surface area contributed by atoms with Crippen LogP contribution in [0.15, 0.2) is 24.3 Å². The van der Waals surface area contributed by atoms with E-state index in [9.17, 15) is 18.0 Å². The first-order valence-corrected chi connectivity index (χ1v) is 4.43. The van der Waals surface area contributed by atoms with E-state index in [-0.39, 0.29) is 16.9 Å². The van der Waals surface area contributed by atoms with Crippen LogP contribution in [0.3, 0.4) is 0 Å². The Bertz CT molecular complexity index is 445. The minimum Gasteiger partial charge on any atom is -0.295 e. The Hall–Kier alpha value is -1.83. The highest BCUT2D eigenvalue weighted by atomic mass is 19.4. The van der Waals surface area contributed by atoms with Crippen LogP contribution >= 0.6 is 0 Å². The monoisotopic (exact) mass is 227 g/mol. The van der Waals surface area contributed by atoms with Gasteiger partial charge in [0.25, 0.3) is 0 Å². The molecule has 2 nitrogen and oxygen atoms in total. The van der Waals surface area contributed by atoms with E-state index in [2.05, 4.69) is 0 Å². The molecule has 16 heavy (non-hydrogen) atoms. The molecular weight excluding hydrogens is 219 g/mol. The summed E-state index contributed by atoms with van der Waals surface area (Å²) in [6, 6.07) is 6.23. The van der Waals surface area contributed by atoms with E-state index in [4.69, 9.17) is 5.26 Å². The highest BCUT2D eigenvalue weighted by Gasteiger charge is 2.41. The summed E-state index contributed by atoms with van der Waals surface area (Å²) in [5.41, 5.74) is -0.0373. The number of alkyl halides is 3. The zero-order chi connectivity index (χ0) is 12.3. The maximum atomic E-state index is 12.4. The van der Waals surface area contributed by atoms with Crippen molar-refractivity contribution in [1.29, 1.82) is 5.26 Å². The summed E-state index contributed by atoms with van der Waals surface area (Å²) >= 11 is 0. The number of Topliss-reactive ketones (excluding diaryl/α,β-unsaturated/α-hetero) is 1. The molecule has 1 rings (SSSR count). The second-order valence-electron chi connectivity index (χ2n) is 3.29. The fourth-order valence-electron chi connectivity index (χ4n) is 1.27. The van der Waals surface area contributed by atoms with Crippen molar-refractivity contribution in [2.75, 3.05) is 0 Å². The van der Waals surface area contributed by atoms with Gasteiger partial charge < -0.3 is 0 Å². The molecular formula is C11H8F3NO. The topological polar surface area (TPSA) is 40.9 Å². The Balaban J connectivity index is 3.18. The molecule has 0 fully saturated rings. The van der Waals surface area contributed by atoms with Gasteiger partial charge in [0.2, 0.25) is 0 Å². The first-order valence-electron chi connectivity index (χ1n) is 4.43. The molecule has 0 saturated heterocycles. The van der Waals surface area contributed by atoms with E-state index in [1.165, 1.54) is 31.2 Å². The van der Waals surface area contributed by atoms with Crippen LogP contribution in [0.4, 0.5) is 13.2 Å². The lowest BCUT2D eigenvalue weighted by molar-refractivity contribution is -0.137. The fraction of sp³-hybridized carbons (Fsp3) is 0.273. The van der Waals surface area contributed by atoms with Gasteiger partial charge >= 0.3 is 6.18 Å². The summed E-state index contributed by atoms with van der Waals surface area (Å²) in [5, 5.41) is 8.49. The molecule has 0 heterocycles. The van der Waals surface area contributed by atoms with Crippen LogP contribution in [0.1, 0.15) is 28.8 Å². The normalized spacial score (nSPS) is 12.9. The van der Waals surface area contributed by atoms with Crippen LogP contribution < -0.4 is 0 Å². The number of hydrogen-bond donors (Lipinski definition) is 0. The SMILES string of the molecule is CC(=O)c1cccc([C@H](C#N)C(F)(F)F)c1. The molecule has 5 heteroatoms. The maximum absolute atomic E-state index is 12.4. The molecule has 0 bridgehead atoms. The van der Waals surface area contributed by atoms with Gasteiger partial charge in [-0.2, -0.15) is 18.4 Å². The molecule has 1 aromatic rings. The molecule has 0 aromatic heterocycles. The van der Waals surface area contributed by atoms with Gasteiger partial charge in [-0.3, -0.25) is 4.79 Å². The van der Waals surface area contributed by atoms with Gasteiger partial charge in [0.15, 0.2) is 11.7 Å². The van der Waals surface area contributed by atoms with E-state index < -0.39 is 12.1 Å². The Kier molecular flexibility index (Phi) is 3.33. The molecule has 1 aromatic carbocycles. The van der Waals surface area contributed by atoms with Crippen LogP contribution in [-0.2, 0) is 0 Å². The van der Waals surface area contributed by atoms with Crippen LogP contribution in [-0.4, -0.2) is 12.0 Å². The van der Waals surface area contributed by atoms with Crippen LogP contribution in [0.2, 0.25) is 0 Å². The molecule has 0 saturated carbocycles. The number of ketones is 1. The second kappa shape index (κ2) is 4.35. The van der Waals surface area contributed by atoms with E-state index in [1.807, 2.05) is 0 Å². The van der Waals surface area contributed by atoms with Gasteiger partial charge in [-0.25, -0.2) is 0 Å². The third-order valence-corrected chi connectivity index (χ3v) is 2.08. The van der Waals surface area contributed by atoms with E-state index in [0.29, 0.717) is 0 Å². The average molecular weight is 227 g/mol. The quantitative estimate of drug-likeness (QED) is 0.728. The molecule has 0 aliphatic rings. The number of nitriles is 1. The zero-order valence-corrected chi connectivity index (χ0v) is 8.38. The highest BCUT2D eigenvalue weighted by molar-refractivity contribution is 5.94. The molecule has 0 amide bonds. The van der Waals surface area contributed by atoms with E-state index >= 15 is 0 Å². The number of carbonyl (C=O) groups is 1. The Morgan fingerprint density at radius 2 is 2.06 bits per heavy atom. The Labute approximate surface area is 90.3 Å². The molecule has 0 unspecified atom stereocenters. The summed E-state index contributed by atoms with van der Waals surface area (Å²) in [7, 11) is 0. The average Bonchev–Trinajstić information content (AvgIpc) is 2.17. The largest absolute Gasteiger partial charge is 0.408 e. The predicted octanol–water partition coefficient (Wildman–Crippen LogP) is 3.06. The van der Waals surface area contributed by atoms with Gasteiger partial charge in [0, 0.05) is 5.56 Å². The third kappa shape index (κ3) is 2.60. The Morgan fingerprint density at radius 1 is 1.44 bits per heavy atom. The van der Waals surface area contributed by atoms with Gasteiger partial charge in [-0.15, -0.1) is 0 Å². The van der Waals surface area contributed by atoms with Crippen LogP contribution in [0, 0.1) is 11.3 Å². The van der Waals surface area contributed by atoms with Crippen molar-refractivity contribution in [1.82, 2.24) is 0 Å². The second-order valence-corrected chi connectivity index (χ2v) is 3.29. The lowest BCUT2D eigenvalue weighted by Crippen LogP contribution is -2.19. The standard InChI is InChI=1S/C11H8F3NO/c1-7(16)8-3-2-4-9(5-8)10(6-15)11(12,13)14/h2-5,10H,1H3/t10-/m0/s1. The predicted molar refractivity (Wildman–Crippen MR) is 50.9 cm³/mol. The number of nitrogens with zero attached hydrogens (tertiary/aromatic N) is 1. The minimum absolute atomic E-state index is 0.169. The molecule has 0 N–H and O–H groups in total. The first kappa shape index (κ1) is 12.2. The van der Waals surface area contributed by atoms with Gasteiger partial charge in [-0.05, 0) is 18.6 Å². The van der Waals surface area contributed by atoms with Gasteiger partial charge in [0.1, 0.15) is 0 Å². The summed E-state index contributed by atoms with van der Waals surface area (Å²) in [5.74, 6) is -2.52. The minimum atomic E-state index is -4.62. The van der Waals surface area contributed by atoms with Crippen LogP contribution in [0.5, 0.6) is 0 Å². The molecule has 0 radical (unpaired) electrons. The van der Waals surface area contributed by atoms with Crippen molar-refractivity contribution in [2.24, 2.45) is 0 Å². The fourth-order valence-corrected chi connectivity index (χ4v) is 1.27. The lowest BCUT2D eigenvalue weighted by Gasteiger charge is -2.13. The van der Waals surface area contributed by atoms with Crippen molar-refractivity contribution in [3.63, 3.8) is 0 Å². The number of carbonyl (C=O) groups excluding carboxylic acids is 1. The summed E-state index contributed by atoms with van der Waals surface area (Å²) in [6.07, 6.45) is -4.62. The summed E-state index contributed by atoms with van der Waals surface area (Å²) < 4.78 is 37.3. The van der Waals surface area contributed by atoms with E-state index in [1.54, 1.807) is 0 Å². The van der Waals surface area contributed by atoms with Gasteiger partial charge in [-0.1, -0.05) is 18.2 Å². The summed E-state index contributed by atoms with van der Waals surface area (Å²) in [6.45, 7) is 1.26. The van der Waals surface area contributed by atoms with Crippen molar-refractivity contribution < 1.29 is 18.0 Å². The molecule has 0 aliphatic heterocycles. The highest BCUT2D eigenvalue weighted by Crippen LogP contribution is 2.34. The molecule has 84 valence electrons. The summed E-state index contributed by atoms with van der Waals surface area (Å²) in [4.78, 5) is 11.0. The number of halogens is 3. The van der Waals surface area contributed by atoms with Crippen LogP contribution in [0.25, 0.3) is 0 Å². The maximum Gasteiger partial charge on any atom is 0.408 e. The Morgan fingerprint density at radius 3 is 2.50 bits per heavy atom. The van der Waals surface area contributed by atoms with E-state index in [0.717, 1.165) is 6.07 Å². The van der Waals surface area contributed by atoms with Crippen molar-refractivity contribution >= 4 is 5.78 Å². The van der Waals surface area contributed by atoms with Crippen molar-refractivity contribution in [3.05, 3.63) is 35.4 Å². The molecule has 0 spiro atoms. The smallest absolute Gasteiger partial charge is 0.295 e. The lowest BCUT2D eigenvalue weighted by atomic mass is 9.97.